The number of hydrogen-bond donors (Lipinski definition) is 1. The van der Waals surface area contributed by atoms with E-state index in [0.29, 0.717) is 13.0 Å². The SMILES string of the molecule is O=C(NCC(c1ccccc1)N1CCCC1)C1CCS(=O)(=O)C1. The van der Waals surface area contributed by atoms with Gasteiger partial charge in [-0.05, 0) is 37.9 Å². The van der Waals surface area contributed by atoms with E-state index in [1.807, 2.05) is 18.2 Å². The first kappa shape index (κ1) is 16.5. The largest absolute Gasteiger partial charge is 0.354 e. The fraction of sp³-hybridized carbons (Fsp3) is 0.588. The minimum Gasteiger partial charge on any atom is -0.354 e. The summed E-state index contributed by atoms with van der Waals surface area (Å²) in [6.45, 7) is 2.64. The molecule has 6 heteroatoms. The Hall–Kier alpha value is -1.40. The number of carbonyl (C=O) groups is 1. The molecule has 5 nitrogen and oxygen atoms in total. The Morgan fingerprint density at radius 3 is 2.52 bits per heavy atom. The van der Waals surface area contributed by atoms with Gasteiger partial charge in [0.2, 0.25) is 5.91 Å². The molecule has 0 aliphatic carbocycles. The average molecular weight is 336 g/mol. The predicted octanol–water partition coefficient (Wildman–Crippen LogP) is 1.37. The molecule has 1 amide bonds. The molecule has 2 heterocycles. The van der Waals surface area contributed by atoms with Crippen LogP contribution in [0.5, 0.6) is 0 Å². The van der Waals surface area contributed by atoms with Crippen LogP contribution in [0.25, 0.3) is 0 Å². The first-order valence-corrected chi connectivity index (χ1v) is 10.1. The van der Waals surface area contributed by atoms with E-state index in [1.165, 1.54) is 18.4 Å². The van der Waals surface area contributed by atoms with Gasteiger partial charge in [-0.3, -0.25) is 9.69 Å². The normalized spacial score (nSPS) is 25.3. The summed E-state index contributed by atoms with van der Waals surface area (Å²) in [5.41, 5.74) is 1.20. The van der Waals surface area contributed by atoms with Crippen molar-refractivity contribution in [1.82, 2.24) is 10.2 Å². The van der Waals surface area contributed by atoms with Crippen LogP contribution < -0.4 is 5.32 Å². The number of sulfone groups is 1. The van der Waals surface area contributed by atoms with E-state index in [-0.39, 0.29) is 29.4 Å². The van der Waals surface area contributed by atoms with Crippen molar-refractivity contribution in [3.8, 4) is 0 Å². The van der Waals surface area contributed by atoms with Crippen molar-refractivity contribution in [2.24, 2.45) is 5.92 Å². The second-order valence-electron chi connectivity index (χ2n) is 6.51. The maximum absolute atomic E-state index is 12.3. The van der Waals surface area contributed by atoms with Gasteiger partial charge in [-0.15, -0.1) is 0 Å². The maximum Gasteiger partial charge on any atom is 0.224 e. The molecule has 2 unspecified atom stereocenters. The van der Waals surface area contributed by atoms with E-state index in [9.17, 15) is 13.2 Å². The standard InChI is InChI=1S/C17H24N2O3S/c20-17(15-8-11-23(21,22)13-15)18-12-16(19-9-4-5-10-19)14-6-2-1-3-7-14/h1-3,6-7,15-16H,4-5,8-13H2,(H,18,20). The van der Waals surface area contributed by atoms with Crippen LogP contribution >= 0.6 is 0 Å². The molecular weight excluding hydrogens is 312 g/mol. The molecule has 0 aromatic heterocycles. The van der Waals surface area contributed by atoms with Crippen LogP contribution in [0, 0.1) is 5.92 Å². The number of nitrogens with zero attached hydrogens (tertiary/aromatic N) is 1. The molecule has 3 rings (SSSR count). The first-order chi connectivity index (χ1) is 11.1. The van der Waals surface area contributed by atoms with Gasteiger partial charge in [0.05, 0.1) is 23.5 Å². The third kappa shape index (κ3) is 4.12. The summed E-state index contributed by atoms with van der Waals surface area (Å²) < 4.78 is 23.1. The summed E-state index contributed by atoms with van der Waals surface area (Å²) in [6.07, 6.45) is 2.84. The lowest BCUT2D eigenvalue weighted by Gasteiger charge is -2.28. The van der Waals surface area contributed by atoms with Gasteiger partial charge in [-0.25, -0.2) is 8.42 Å². The van der Waals surface area contributed by atoms with Crippen molar-refractivity contribution in [1.29, 1.82) is 0 Å². The minimum absolute atomic E-state index is 0.00144. The number of amides is 1. The fourth-order valence-corrected chi connectivity index (χ4v) is 5.27. The van der Waals surface area contributed by atoms with Gasteiger partial charge in [0, 0.05) is 6.54 Å². The third-order valence-electron chi connectivity index (χ3n) is 4.84. The Kier molecular flexibility index (Phi) is 5.02. The first-order valence-electron chi connectivity index (χ1n) is 8.32. The molecular formula is C17H24N2O3S. The van der Waals surface area contributed by atoms with E-state index in [4.69, 9.17) is 0 Å². The van der Waals surface area contributed by atoms with Crippen LogP contribution in [0.3, 0.4) is 0 Å². The van der Waals surface area contributed by atoms with E-state index in [0.717, 1.165) is 13.1 Å². The Bertz CT molecular complexity index is 639. The summed E-state index contributed by atoms with van der Waals surface area (Å²) in [5.74, 6) is -0.362. The van der Waals surface area contributed by atoms with Crippen LogP contribution in [-0.2, 0) is 14.6 Å². The number of rotatable bonds is 5. The fourth-order valence-electron chi connectivity index (χ4n) is 3.53. The van der Waals surface area contributed by atoms with Gasteiger partial charge in [0.1, 0.15) is 0 Å². The lowest BCUT2D eigenvalue weighted by Crippen LogP contribution is -2.39. The number of likely N-dealkylation sites (tertiary alicyclic amines) is 1. The van der Waals surface area contributed by atoms with Gasteiger partial charge < -0.3 is 5.32 Å². The molecule has 23 heavy (non-hydrogen) atoms. The summed E-state index contributed by atoms with van der Waals surface area (Å²) >= 11 is 0. The van der Waals surface area contributed by atoms with E-state index >= 15 is 0 Å². The van der Waals surface area contributed by atoms with Crippen molar-refractivity contribution >= 4 is 15.7 Å². The number of benzene rings is 1. The van der Waals surface area contributed by atoms with Crippen molar-refractivity contribution in [3.63, 3.8) is 0 Å². The molecule has 126 valence electrons. The summed E-state index contributed by atoms with van der Waals surface area (Å²) in [5, 5.41) is 2.99. The van der Waals surface area contributed by atoms with Gasteiger partial charge >= 0.3 is 0 Å². The van der Waals surface area contributed by atoms with Crippen molar-refractivity contribution in [2.75, 3.05) is 31.1 Å². The molecule has 0 bridgehead atoms. The van der Waals surface area contributed by atoms with Crippen LogP contribution in [0.2, 0.25) is 0 Å². The molecule has 2 saturated heterocycles. The van der Waals surface area contributed by atoms with Crippen LogP contribution in [0.15, 0.2) is 30.3 Å². The molecule has 2 aliphatic rings. The van der Waals surface area contributed by atoms with E-state index in [2.05, 4.69) is 22.3 Å². The molecule has 0 saturated carbocycles. The number of nitrogens with one attached hydrogen (secondary N) is 1. The molecule has 2 aliphatic heterocycles. The monoisotopic (exact) mass is 336 g/mol. The van der Waals surface area contributed by atoms with Crippen LogP contribution in [0.1, 0.15) is 30.9 Å². The predicted molar refractivity (Wildman–Crippen MR) is 89.8 cm³/mol. The summed E-state index contributed by atoms with van der Waals surface area (Å²) in [7, 11) is -3.02. The lowest BCUT2D eigenvalue weighted by molar-refractivity contribution is -0.124. The molecule has 1 aromatic rings. The minimum atomic E-state index is -3.02. The van der Waals surface area contributed by atoms with E-state index < -0.39 is 9.84 Å². The highest BCUT2D eigenvalue weighted by Gasteiger charge is 2.33. The summed E-state index contributed by atoms with van der Waals surface area (Å²) in [6, 6.07) is 10.4. The average Bonchev–Trinajstić information content (AvgIpc) is 3.18. The maximum atomic E-state index is 12.3. The Labute approximate surface area is 138 Å². The second kappa shape index (κ2) is 7.01. The van der Waals surface area contributed by atoms with E-state index in [1.54, 1.807) is 0 Å². The molecule has 0 spiro atoms. The molecule has 1 aromatic carbocycles. The molecule has 1 N–H and O–H groups in total. The molecule has 2 fully saturated rings. The zero-order valence-corrected chi connectivity index (χ0v) is 14.1. The zero-order chi connectivity index (χ0) is 16.3. The topological polar surface area (TPSA) is 66.5 Å². The summed E-state index contributed by atoms with van der Waals surface area (Å²) in [4.78, 5) is 14.7. The van der Waals surface area contributed by atoms with Gasteiger partial charge in [0.15, 0.2) is 9.84 Å². The second-order valence-corrected chi connectivity index (χ2v) is 8.74. The van der Waals surface area contributed by atoms with Crippen molar-refractivity contribution < 1.29 is 13.2 Å². The highest BCUT2D eigenvalue weighted by Crippen LogP contribution is 2.25. The Morgan fingerprint density at radius 2 is 1.91 bits per heavy atom. The Morgan fingerprint density at radius 1 is 1.22 bits per heavy atom. The van der Waals surface area contributed by atoms with Gasteiger partial charge in [0.25, 0.3) is 0 Å². The van der Waals surface area contributed by atoms with Crippen molar-refractivity contribution in [3.05, 3.63) is 35.9 Å². The number of carbonyl (C=O) groups excluding carboxylic acids is 1. The molecule has 0 radical (unpaired) electrons. The smallest absolute Gasteiger partial charge is 0.224 e. The van der Waals surface area contributed by atoms with Crippen LogP contribution in [0.4, 0.5) is 0 Å². The Balaban J connectivity index is 1.64. The van der Waals surface area contributed by atoms with Crippen LogP contribution in [-0.4, -0.2) is 50.4 Å². The zero-order valence-electron chi connectivity index (χ0n) is 13.3. The number of hydrogen-bond acceptors (Lipinski definition) is 4. The lowest BCUT2D eigenvalue weighted by atomic mass is 10.0. The van der Waals surface area contributed by atoms with Crippen molar-refractivity contribution in [2.45, 2.75) is 25.3 Å². The van der Waals surface area contributed by atoms with Gasteiger partial charge in [-0.2, -0.15) is 0 Å². The molecule has 2 atom stereocenters. The third-order valence-corrected chi connectivity index (χ3v) is 6.61. The highest BCUT2D eigenvalue weighted by atomic mass is 32.2. The van der Waals surface area contributed by atoms with Gasteiger partial charge in [-0.1, -0.05) is 30.3 Å². The quantitative estimate of drug-likeness (QED) is 0.882. The highest BCUT2D eigenvalue weighted by molar-refractivity contribution is 7.91.